The van der Waals surface area contributed by atoms with Crippen LogP contribution in [0.2, 0.25) is 0 Å². The van der Waals surface area contributed by atoms with Gasteiger partial charge in [-0.1, -0.05) is 11.8 Å². The van der Waals surface area contributed by atoms with Gasteiger partial charge in [0, 0.05) is 19.3 Å². The minimum atomic E-state index is 0.544. The van der Waals surface area contributed by atoms with Gasteiger partial charge in [-0.2, -0.15) is 0 Å². The van der Waals surface area contributed by atoms with Crippen LogP contribution in [-0.4, -0.2) is 23.5 Å². The summed E-state index contributed by atoms with van der Waals surface area (Å²) in [6, 6.07) is 0. The molecule has 0 aromatic rings. The van der Waals surface area contributed by atoms with Gasteiger partial charge in [0.25, 0.3) is 0 Å². The van der Waals surface area contributed by atoms with Crippen LogP contribution in [0.4, 0.5) is 0 Å². The summed E-state index contributed by atoms with van der Waals surface area (Å²) in [5.74, 6) is 0. The lowest BCUT2D eigenvalue weighted by Crippen LogP contribution is -2.36. The number of hydrogen-bond donors (Lipinski definition) is 1. The molecule has 2 aliphatic rings. The molecule has 2 rings (SSSR count). The number of hydrogen-bond acceptors (Lipinski definition) is 3. The van der Waals surface area contributed by atoms with Crippen LogP contribution in [0.5, 0.6) is 0 Å². The largest absolute Gasteiger partial charge is 0.366 e. The summed E-state index contributed by atoms with van der Waals surface area (Å²) in [6.45, 7) is 2.54. The third kappa shape index (κ3) is 1.16. The van der Waals surface area contributed by atoms with Crippen molar-refractivity contribution in [2.75, 3.05) is 13.1 Å². The molecule has 1 unspecified atom stereocenters. The van der Waals surface area contributed by atoms with Gasteiger partial charge in [0.05, 0.1) is 0 Å². The van der Waals surface area contributed by atoms with Crippen LogP contribution in [0.1, 0.15) is 12.8 Å². The quantitative estimate of drug-likeness (QED) is 0.613. The van der Waals surface area contributed by atoms with Gasteiger partial charge in [-0.25, -0.2) is 0 Å². The molecule has 3 heteroatoms. The van der Waals surface area contributed by atoms with E-state index in [1.54, 1.807) is 0 Å². The van der Waals surface area contributed by atoms with Gasteiger partial charge in [-0.3, -0.25) is 4.90 Å². The van der Waals surface area contributed by atoms with Crippen LogP contribution in [0.3, 0.4) is 0 Å². The van der Waals surface area contributed by atoms with E-state index in [0.29, 0.717) is 5.50 Å². The Bertz CT molecular complexity index is 133. The van der Waals surface area contributed by atoms with Crippen molar-refractivity contribution >= 4 is 11.8 Å². The summed E-state index contributed by atoms with van der Waals surface area (Å²) >= 11 is 1.87. The molecule has 1 fully saturated rings. The minimum Gasteiger partial charge on any atom is -0.366 e. The monoisotopic (exact) mass is 156 g/mol. The highest BCUT2D eigenvalue weighted by Crippen LogP contribution is 2.22. The molecule has 0 aliphatic carbocycles. The molecule has 0 aromatic carbocycles. The third-order valence-corrected chi connectivity index (χ3v) is 2.97. The predicted octanol–water partition coefficient (Wildman–Crippen LogP) is 1.17. The van der Waals surface area contributed by atoms with E-state index in [1.165, 1.54) is 25.9 Å². The first-order chi connectivity index (χ1) is 4.97. The normalized spacial score (nSPS) is 33.0. The first kappa shape index (κ1) is 6.55. The van der Waals surface area contributed by atoms with Crippen molar-refractivity contribution in [1.29, 1.82) is 0 Å². The second kappa shape index (κ2) is 2.84. The van der Waals surface area contributed by atoms with Gasteiger partial charge in [0.15, 0.2) is 0 Å². The predicted molar refractivity (Wildman–Crippen MR) is 44.5 cm³/mol. The maximum Gasteiger partial charge on any atom is 0.131 e. The molecular formula is C7H12N2S. The molecule has 1 saturated heterocycles. The molecule has 0 radical (unpaired) electrons. The van der Waals surface area contributed by atoms with Crippen molar-refractivity contribution in [3.8, 4) is 0 Å². The van der Waals surface area contributed by atoms with E-state index >= 15 is 0 Å². The summed E-state index contributed by atoms with van der Waals surface area (Å²) in [7, 11) is 0. The SMILES string of the molecule is C1=CSC(N2CCCC2)N1. The maximum atomic E-state index is 3.31. The maximum absolute atomic E-state index is 3.31. The Kier molecular flexibility index (Phi) is 1.86. The molecule has 2 aliphatic heterocycles. The van der Waals surface area contributed by atoms with E-state index in [4.69, 9.17) is 0 Å². The fourth-order valence-electron chi connectivity index (χ4n) is 1.44. The van der Waals surface area contributed by atoms with E-state index < -0.39 is 0 Å². The number of nitrogens with one attached hydrogen (secondary N) is 1. The highest BCUT2D eigenvalue weighted by molar-refractivity contribution is 8.02. The number of thioether (sulfide) groups is 1. The first-order valence-electron chi connectivity index (χ1n) is 3.77. The van der Waals surface area contributed by atoms with Crippen molar-refractivity contribution in [1.82, 2.24) is 10.2 Å². The Hall–Kier alpha value is -0.150. The van der Waals surface area contributed by atoms with Crippen LogP contribution < -0.4 is 5.32 Å². The zero-order valence-electron chi connectivity index (χ0n) is 5.92. The second-order valence-electron chi connectivity index (χ2n) is 2.70. The summed E-state index contributed by atoms with van der Waals surface area (Å²) in [6.07, 6.45) is 4.78. The summed E-state index contributed by atoms with van der Waals surface area (Å²) < 4.78 is 0. The summed E-state index contributed by atoms with van der Waals surface area (Å²) in [5, 5.41) is 5.43. The molecule has 0 amide bonds. The lowest BCUT2D eigenvalue weighted by atomic mass is 10.4. The average molecular weight is 156 g/mol. The van der Waals surface area contributed by atoms with Crippen molar-refractivity contribution in [3.63, 3.8) is 0 Å². The van der Waals surface area contributed by atoms with Crippen LogP contribution in [0, 0.1) is 0 Å². The molecular weight excluding hydrogens is 144 g/mol. The molecule has 1 atom stereocenters. The van der Waals surface area contributed by atoms with Gasteiger partial charge in [-0.05, 0) is 18.2 Å². The van der Waals surface area contributed by atoms with Gasteiger partial charge < -0.3 is 5.32 Å². The fraction of sp³-hybridized carbons (Fsp3) is 0.714. The Balaban J connectivity index is 1.87. The molecule has 1 N–H and O–H groups in total. The second-order valence-corrected chi connectivity index (χ2v) is 3.69. The van der Waals surface area contributed by atoms with E-state index in [2.05, 4.69) is 15.6 Å². The first-order valence-corrected chi connectivity index (χ1v) is 4.72. The van der Waals surface area contributed by atoms with Gasteiger partial charge in [0.1, 0.15) is 5.50 Å². The Morgan fingerprint density at radius 3 is 2.80 bits per heavy atom. The summed E-state index contributed by atoms with van der Waals surface area (Å²) in [5.41, 5.74) is 0.544. The minimum absolute atomic E-state index is 0.544. The molecule has 10 heavy (non-hydrogen) atoms. The van der Waals surface area contributed by atoms with E-state index in [1.807, 2.05) is 18.0 Å². The van der Waals surface area contributed by atoms with E-state index in [-0.39, 0.29) is 0 Å². The molecule has 0 saturated carbocycles. The topological polar surface area (TPSA) is 15.3 Å². The molecule has 56 valence electrons. The van der Waals surface area contributed by atoms with Gasteiger partial charge in [-0.15, -0.1) is 0 Å². The molecule has 2 heterocycles. The zero-order chi connectivity index (χ0) is 6.81. The van der Waals surface area contributed by atoms with Crippen molar-refractivity contribution < 1.29 is 0 Å². The zero-order valence-corrected chi connectivity index (χ0v) is 6.73. The number of nitrogens with zero attached hydrogens (tertiary/aromatic N) is 1. The lowest BCUT2D eigenvalue weighted by molar-refractivity contribution is 0.301. The third-order valence-electron chi connectivity index (χ3n) is 1.99. The molecule has 0 spiro atoms. The Morgan fingerprint density at radius 1 is 1.40 bits per heavy atom. The van der Waals surface area contributed by atoms with Crippen molar-refractivity contribution in [3.05, 3.63) is 11.6 Å². The van der Waals surface area contributed by atoms with Crippen LogP contribution in [0.15, 0.2) is 11.6 Å². The standard InChI is InChI=1S/C7H12N2S/c1-2-5-9(4-1)7-8-3-6-10-7/h3,6-8H,1-2,4-5H2. The van der Waals surface area contributed by atoms with Crippen LogP contribution >= 0.6 is 11.8 Å². The van der Waals surface area contributed by atoms with Crippen molar-refractivity contribution in [2.45, 2.75) is 18.3 Å². The van der Waals surface area contributed by atoms with E-state index in [0.717, 1.165) is 0 Å². The highest BCUT2D eigenvalue weighted by Gasteiger charge is 2.21. The van der Waals surface area contributed by atoms with Gasteiger partial charge in [0.2, 0.25) is 0 Å². The fourth-order valence-corrected chi connectivity index (χ4v) is 2.29. The number of likely N-dealkylation sites (tertiary alicyclic amines) is 1. The average Bonchev–Trinajstić information content (AvgIpc) is 2.59. The number of rotatable bonds is 1. The smallest absolute Gasteiger partial charge is 0.131 e. The Morgan fingerprint density at radius 2 is 2.20 bits per heavy atom. The molecule has 2 nitrogen and oxygen atoms in total. The van der Waals surface area contributed by atoms with E-state index in [9.17, 15) is 0 Å². The van der Waals surface area contributed by atoms with Crippen molar-refractivity contribution in [2.24, 2.45) is 0 Å². The highest BCUT2D eigenvalue weighted by atomic mass is 32.2. The lowest BCUT2D eigenvalue weighted by Gasteiger charge is -2.22. The van der Waals surface area contributed by atoms with Crippen LogP contribution in [0.25, 0.3) is 0 Å². The van der Waals surface area contributed by atoms with Crippen LogP contribution in [-0.2, 0) is 0 Å². The molecule has 0 aromatic heterocycles. The molecule has 0 bridgehead atoms. The van der Waals surface area contributed by atoms with Gasteiger partial charge >= 0.3 is 0 Å². The Labute approximate surface area is 65.7 Å². The summed E-state index contributed by atoms with van der Waals surface area (Å²) in [4.78, 5) is 2.49.